The maximum atomic E-state index is 13.5. The van der Waals surface area contributed by atoms with Gasteiger partial charge in [-0.2, -0.15) is 0 Å². The lowest BCUT2D eigenvalue weighted by Crippen LogP contribution is -2.49. The third-order valence-corrected chi connectivity index (χ3v) is 8.19. The Hall–Kier alpha value is -3.60. The fourth-order valence-electron chi connectivity index (χ4n) is 4.23. The second kappa shape index (κ2) is 10.4. The standard InChI is InChI=1S/C26H24ClN3O6S/c27-18-9-11-19(12-10-18)37(33,34)30-17-24(36-23-8-4-3-7-22(23)30)25(31)28-21-6-2-1-5-20(21)26(32)29-13-15-35-16-14-29/h1-12,24H,13-17H2,(H,28,31). The van der Waals surface area contributed by atoms with Gasteiger partial charge in [-0.25, -0.2) is 8.42 Å². The molecule has 2 heterocycles. The van der Waals surface area contributed by atoms with Crippen LogP contribution in [0.25, 0.3) is 0 Å². The number of rotatable bonds is 5. The van der Waals surface area contributed by atoms with E-state index in [2.05, 4.69) is 5.32 Å². The smallest absolute Gasteiger partial charge is 0.267 e. The number of hydrogen-bond acceptors (Lipinski definition) is 6. The number of morpholine rings is 1. The number of carbonyl (C=O) groups excluding carboxylic acids is 2. The number of benzene rings is 3. The second-order valence-corrected chi connectivity index (χ2v) is 10.8. The molecule has 1 unspecified atom stereocenters. The molecule has 9 nitrogen and oxygen atoms in total. The fraction of sp³-hybridized carbons (Fsp3) is 0.231. The summed E-state index contributed by atoms with van der Waals surface area (Å²) in [6.07, 6.45) is -1.16. The molecule has 1 saturated heterocycles. The molecule has 1 N–H and O–H groups in total. The van der Waals surface area contributed by atoms with Crippen LogP contribution in [0.1, 0.15) is 10.4 Å². The Kier molecular flexibility index (Phi) is 7.05. The van der Waals surface area contributed by atoms with Crippen LogP contribution in [0.5, 0.6) is 5.75 Å². The molecule has 37 heavy (non-hydrogen) atoms. The first-order valence-corrected chi connectivity index (χ1v) is 13.5. The van der Waals surface area contributed by atoms with Gasteiger partial charge in [0.15, 0.2) is 6.10 Å². The molecule has 3 aromatic carbocycles. The molecule has 0 bridgehead atoms. The Morgan fingerprint density at radius 2 is 1.59 bits per heavy atom. The molecular weight excluding hydrogens is 518 g/mol. The summed E-state index contributed by atoms with van der Waals surface area (Å²) in [5.74, 6) is -0.543. The molecule has 3 aromatic rings. The zero-order valence-electron chi connectivity index (χ0n) is 19.7. The summed E-state index contributed by atoms with van der Waals surface area (Å²) in [5, 5.41) is 3.18. The number of nitrogens with one attached hydrogen (secondary N) is 1. The van der Waals surface area contributed by atoms with Crippen molar-refractivity contribution in [3.8, 4) is 5.75 Å². The van der Waals surface area contributed by atoms with Crippen molar-refractivity contribution in [1.82, 2.24) is 4.90 Å². The number of carbonyl (C=O) groups is 2. The summed E-state index contributed by atoms with van der Waals surface area (Å²) in [7, 11) is -4.03. The Bertz CT molecular complexity index is 1420. The first-order chi connectivity index (χ1) is 17.8. The van der Waals surface area contributed by atoms with Gasteiger partial charge >= 0.3 is 0 Å². The lowest BCUT2D eigenvalue weighted by molar-refractivity contribution is -0.122. The first kappa shape index (κ1) is 25.1. The normalized spacial score (nSPS) is 17.5. The van der Waals surface area contributed by atoms with Crippen molar-refractivity contribution in [1.29, 1.82) is 0 Å². The Morgan fingerprint density at radius 3 is 2.35 bits per heavy atom. The van der Waals surface area contributed by atoms with Crippen molar-refractivity contribution in [3.63, 3.8) is 0 Å². The summed E-state index contributed by atoms with van der Waals surface area (Å²) >= 11 is 5.94. The topological polar surface area (TPSA) is 105 Å². The van der Waals surface area contributed by atoms with Crippen LogP contribution in [-0.4, -0.2) is 64.1 Å². The van der Waals surface area contributed by atoms with E-state index in [0.717, 1.165) is 4.31 Å². The van der Waals surface area contributed by atoms with Gasteiger partial charge in [-0.3, -0.25) is 13.9 Å². The van der Waals surface area contributed by atoms with Gasteiger partial charge in [-0.15, -0.1) is 0 Å². The number of para-hydroxylation sites is 3. The molecule has 192 valence electrons. The van der Waals surface area contributed by atoms with E-state index in [1.54, 1.807) is 53.4 Å². The molecule has 1 fully saturated rings. The first-order valence-electron chi connectivity index (χ1n) is 11.7. The summed E-state index contributed by atoms with van der Waals surface area (Å²) < 4.78 is 39.5. The number of fused-ring (bicyclic) bond motifs is 1. The molecule has 0 aromatic heterocycles. The highest BCUT2D eigenvalue weighted by Crippen LogP contribution is 2.37. The van der Waals surface area contributed by atoms with Gasteiger partial charge in [0.05, 0.1) is 41.6 Å². The van der Waals surface area contributed by atoms with Crippen LogP contribution < -0.4 is 14.4 Å². The highest BCUT2D eigenvalue weighted by Gasteiger charge is 2.38. The van der Waals surface area contributed by atoms with E-state index in [-0.39, 0.29) is 23.1 Å². The van der Waals surface area contributed by atoms with Crippen LogP contribution in [0.2, 0.25) is 5.02 Å². The van der Waals surface area contributed by atoms with Crippen LogP contribution in [0.4, 0.5) is 11.4 Å². The van der Waals surface area contributed by atoms with Crippen molar-refractivity contribution in [3.05, 3.63) is 83.4 Å². The van der Waals surface area contributed by atoms with E-state index in [4.69, 9.17) is 21.1 Å². The van der Waals surface area contributed by atoms with Gasteiger partial charge in [0.1, 0.15) is 5.75 Å². The molecule has 0 saturated carbocycles. The summed E-state index contributed by atoms with van der Waals surface area (Å²) in [5.41, 5.74) is 0.975. The van der Waals surface area contributed by atoms with Crippen molar-refractivity contribution in [2.24, 2.45) is 0 Å². The Morgan fingerprint density at radius 1 is 0.919 bits per heavy atom. The van der Waals surface area contributed by atoms with E-state index in [9.17, 15) is 18.0 Å². The number of anilines is 2. The number of amides is 2. The van der Waals surface area contributed by atoms with Crippen molar-refractivity contribution >= 4 is 44.8 Å². The minimum atomic E-state index is -4.03. The molecule has 2 aliphatic rings. The van der Waals surface area contributed by atoms with E-state index in [1.807, 2.05) is 0 Å². The number of nitrogens with zero attached hydrogens (tertiary/aromatic N) is 2. The third kappa shape index (κ3) is 5.13. The second-order valence-electron chi connectivity index (χ2n) is 8.50. The van der Waals surface area contributed by atoms with E-state index >= 15 is 0 Å². The zero-order valence-corrected chi connectivity index (χ0v) is 21.2. The Balaban J connectivity index is 1.42. The zero-order chi connectivity index (χ0) is 26.0. The predicted octanol–water partition coefficient (Wildman–Crippen LogP) is 3.41. The summed E-state index contributed by atoms with van der Waals surface area (Å²) in [6.45, 7) is 1.57. The summed E-state index contributed by atoms with van der Waals surface area (Å²) in [4.78, 5) is 28.2. The van der Waals surface area contributed by atoms with E-state index < -0.39 is 22.0 Å². The number of ether oxygens (including phenoxy) is 2. The molecule has 2 aliphatic heterocycles. The molecule has 11 heteroatoms. The minimum Gasteiger partial charge on any atom is -0.476 e. The monoisotopic (exact) mass is 541 g/mol. The summed E-state index contributed by atoms with van der Waals surface area (Å²) in [6, 6.07) is 19.1. The van der Waals surface area contributed by atoms with Gasteiger partial charge in [0, 0.05) is 18.1 Å². The van der Waals surface area contributed by atoms with Crippen LogP contribution in [0.3, 0.4) is 0 Å². The van der Waals surface area contributed by atoms with Gasteiger partial charge in [-0.05, 0) is 48.5 Å². The van der Waals surface area contributed by atoms with Gasteiger partial charge in [0.2, 0.25) is 0 Å². The fourth-order valence-corrected chi connectivity index (χ4v) is 5.83. The van der Waals surface area contributed by atoms with Crippen molar-refractivity contribution in [2.75, 3.05) is 42.5 Å². The molecule has 0 radical (unpaired) electrons. The molecule has 1 atom stereocenters. The molecule has 0 aliphatic carbocycles. The lowest BCUT2D eigenvalue weighted by atomic mass is 10.1. The lowest BCUT2D eigenvalue weighted by Gasteiger charge is -2.34. The van der Waals surface area contributed by atoms with Crippen LogP contribution in [0.15, 0.2) is 77.7 Å². The van der Waals surface area contributed by atoms with Crippen LogP contribution >= 0.6 is 11.6 Å². The highest BCUT2D eigenvalue weighted by molar-refractivity contribution is 7.92. The molecular formula is C26H24ClN3O6S. The van der Waals surface area contributed by atoms with Crippen LogP contribution in [0, 0.1) is 0 Å². The molecule has 5 rings (SSSR count). The molecule has 2 amide bonds. The van der Waals surface area contributed by atoms with Crippen LogP contribution in [-0.2, 0) is 19.6 Å². The maximum Gasteiger partial charge on any atom is 0.267 e. The average molecular weight is 542 g/mol. The van der Waals surface area contributed by atoms with Crippen molar-refractivity contribution < 1.29 is 27.5 Å². The average Bonchev–Trinajstić information content (AvgIpc) is 2.93. The number of halogens is 1. The van der Waals surface area contributed by atoms with E-state index in [0.29, 0.717) is 48.3 Å². The predicted molar refractivity (Wildman–Crippen MR) is 139 cm³/mol. The van der Waals surface area contributed by atoms with Gasteiger partial charge in [-0.1, -0.05) is 35.9 Å². The highest BCUT2D eigenvalue weighted by atomic mass is 35.5. The van der Waals surface area contributed by atoms with Gasteiger partial charge in [0.25, 0.3) is 21.8 Å². The minimum absolute atomic E-state index is 0.0363. The van der Waals surface area contributed by atoms with Gasteiger partial charge < -0.3 is 19.7 Å². The number of hydrogen-bond donors (Lipinski definition) is 1. The van der Waals surface area contributed by atoms with E-state index in [1.165, 1.54) is 24.3 Å². The quantitative estimate of drug-likeness (QED) is 0.531. The molecule has 0 spiro atoms. The third-order valence-electron chi connectivity index (χ3n) is 6.14. The number of sulfonamides is 1. The maximum absolute atomic E-state index is 13.5. The largest absolute Gasteiger partial charge is 0.476 e. The SMILES string of the molecule is O=C(Nc1ccccc1C(=O)N1CCOCC1)C1CN(S(=O)(=O)c2ccc(Cl)cc2)c2ccccc2O1. The Labute approximate surface area is 219 Å². The van der Waals surface area contributed by atoms with Crippen molar-refractivity contribution in [2.45, 2.75) is 11.0 Å².